The number of hydrogen-bond acceptors (Lipinski definition) is 5. The Labute approximate surface area is 170 Å². The van der Waals surface area contributed by atoms with Gasteiger partial charge in [-0.05, 0) is 56.4 Å². The van der Waals surface area contributed by atoms with Crippen molar-refractivity contribution in [2.24, 2.45) is 5.92 Å². The number of benzene rings is 1. The zero-order valence-corrected chi connectivity index (χ0v) is 16.8. The van der Waals surface area contributed by atoms with Gasteiger partial charge >= 0.3 is 6.03 Å². The second-order valence-electron chi connectivity index (χ2n) is 7.68. The molecule has 1 unspecified atom stereocenters. The molecule has 7 heteroatoms. The topological polar surface area (TPSA) is 81.7 Å². The third-order valence-electron chi connectivity index (χ3n) is 4.94. The molecular formula is C22H27N3O4. The van der Waals surface area contributed by atoms with E-state index in [4.69, 9.17) is 14.2 Å². The third kappa shape index (κ3) is 4.91. The van der Waals surface area contributed by atoms with Gasteiger partial charge in [0.2, 0.25) is 5.88 Å². The van der Waals surface area contributed by atoms with E-state index in [9.17, 15) is 4.79 Å². The summed E-state index contributed by atoms with van der Waals surface area (Å²) in [4.78, 5) is 16.9. The van der Waals surface area contributed by atoms with E-state index in [1.165, 1.54) is 0 Å². The van der Waals surface area contributed by atoms with E-state index >= 15 is 0 Å². The molecular weight excluding hydrogens is 370 g/mol. The number of hydrogen-bond donors (Lipinski definition) is 2. The Hall–Kier alpha value is -2.96. The largest absolute Gasteiger partial charge is 0.486 e. The predicted molar refractivity (Wildman–Crippen MR) is 108 cm³/mol. The van der Waals surface area contributed by atoms with Crippen LogP contribution in [0.1, 0.15) is 43.9 Å². The Bertz CT molecular complexity index is 867. The summed E-state index contributed by atoms with van der Waals surface area (Å²) in [6.45, 7) is 5.36. The molecule has 0 radical (unpaired) electrons. The zero-order valence-electron chi connectivity index (χ0n) is 16.8. The van der Waals surface area contributed by atoms with Gasteiger partial charge in [0.15, 0.2) is 11.5 Å². The molecule has 1 fully saturated rings. The lowest BCUT2D eigenvalue weighted by molar-refractivity contribution is 0.171. The summed E-state index contributed by atoms with van der Waals surface area (Å²) in [6.07, 6.45) is 3.92. The van der Waals surface area contributed by atoms with Crippen LogP contribution in [0.15, 0.2) is 36.5 Å². The quantitative estimate of drug-likeness (QED) is 0.746. The van der Waals surface area contributed by atoms with E-state index in [0.717, 1.165) is 35.5 Å². The molecule has 1 aliphatic carbocycles. The molecule has 1 atom stereocenters. The number of fused-ring (bicyclic) bond motifs is 1. The van der Waals surface area contributed by atoms with Crippen LogP contribution in [-0.4, -0.2) is 30.3 Å². The van der Waals surface area contributed by atoms with Gasteiger partial charge in [0.1, 0.15) is 13.2 Å². The molecule has 0 bridgehead atoms. The van der Waals surface area contributed by atoms with Crippen molar-refractivity contribution in [1.29, 1.82) is 0 Å². The van der Waals surface area contributed by atoms with Crippen LogP contribution in [0.2, 0.25) is 0 Å². The van der Waals surface area contributed by atoms with Gasteiger partial charge < -0.3 is 24.8 Å². The predicted octanol–water partition coefficient (Wildman–Crippen LogP) is 3.59. The number of carbonyl (C=O) groups excluding carboxylic acids is 1. The number of urea groups is 1. The van der Waals surface area contributed by atoms with Crippen molar-refractivity contribution in [2.45, 2.75) is 45.4 Å². The smallest absolute Gasteiger partial charge is 0.315 e. The fourth-order valence-electron chi connectivity index (χ4n) is 3.41. The highest BCUT2D eigenvalue weighted by atomic mass is 16.6. The van der Waals surface area contributed by atoms with Gasteiger partial charge in [-0.15, -0.1) is 0 Å². The maximum atomic E-state index is 12.6. The van der Waals surface area contributed by atoms with Crippen LogP contribution >= 0.6 is 0 Å². The molecule has 0 saturated heterocycles. The summed E-state index contributed by atoms with van der Waals surface area (Å²) in [5, 5.41) is 6.06. The lowest BCUT2D eigenvalue weighted by Gasteiger charge is -2.23. The van der Waals surface area contributed by atoms with Crippen LogP contribution in [0.4, 0.5) is 4.79 Å². The molecule has 2 heterocycles. The zero-order chi connectivity index (χ0) is 20.2. The fourth-order valence-corrected chi connectivity index (χ4v) is 3.41. The monoisotopic (exact) mass is 397 g/mol. The molecule has 154 valence electrons. The van der Waals surface area contributed by atoms with Crippen molar-refractivity contribution >= 4 is 6.03 Å². The molecule has 2 amide bonds. The van der Waals surface area contributed by atoms with Crippen molar-refractivity contribution in [3.63, 3.8) is 0 Å². The van der Waals surface area contributed by atoms with Crippen LogP contribution in [0.3, 0.4) is 0 Å². The number of amides is 2. The van der Waals surface area contributed by atoms with Gasteiger partial charge in [-0.2, -0.15) is 0 Å². The van der Waals surface area contributed by atoms with Gasteiger partial charge in [0.25, 0.3) is 0 Å². The molecule has 29 heavy (non-hydrogen) atoms. The first-order valence-electron chi connectivity index (χ1n) is 10.1. The summed E-state index contributed by atoms with van der Waals surface area (Å²) in [5.41, 5.74) is 1.88. The summed E-state index contributed by atoms with van der Waals surface area (Å²) in [5.74, 6) is 2.50. The van der Waals surface area contributed by atoms with Crippen LogP contribution in [0, 0.1) is 5.92 Å². The van der Waals surface area contributed by atoms with E-state index in [1.54, 1.807) is 6.20 Å². The number of pyridine rings is 1. The van der Waals surface area contributed by atoms with Crippen molar-refractivity contribution in [3.05, 3.63) is 47.7 Å². The Kier molecular flexibility index (Phi) is 5.74. The summed E-state index contributed by atoms with van der Waals surface area (Å²) < 4.78 is 17.0. The van der Waals surface area contributed by atoms with E-state index in [0.29, 0.717) is 31.6 Å². The van der Waals surface area contributed by atoms with E-state index in [1.807, 2.05) is 44.2 Å². The first-order valence-corrected chi connectivity index (χ1v) is 10.1. The van der Waals surface area contributed by atoms with E-state index in [2.05, 4.69) is 15.6 Å². The molecule has 1 aromatic carbocycles. The first-order chi connectivity index (χ1) is 14.1. The second-order valence-corrected chi connectivity index (χ2v) is 7.68. The maximum Gasteiger partial charge on any atom is 0.315 e. The standard InChI is InChI=1S/C22H27N3O4/c1-14(2)29-21-17(4-3-9-23-21)13-24-22(26)25-20(15-5-6-15)16-7-8-18-19(12-16)28-11-10-27-18/h3-4,7-9,12,14-15,20H,5-6,10-11,13H2,1-2H3,(H2,24,25,26). The van der Waals surface area contributed by atoms with Gasteiger partial charge in [-0.3, -0.25) is 0 Å². The van der Waals surface area contributed by atoms with Crippen molar-refractivity contribution in [3.8, 4) is 17.4 Å². The lowest BCUT2D eigenvalue weighted by atomic mass is 10.0. The second kappa shape index (κ2) is 8.59. The minimum absolute atomic E-state index is 0.0203. The highest BCUT2D eigenvalue weighted by Gasteiger charge is 2.34. The average molecular weight is 397 g/mol. The van der Waals surface area contributed by atoms with Gasteiger partial charge in [0.05, 0.1) is 12.1 Å². The Morgan fingerprint density at radius 3 is 2.76 bits per heavy atom. The van der Waals surface area contributed by atoms with Gasteiger partial charge in [-0.25, -0.2) is 9.78 Å². The SMILES string of the molecule is CC(C)Oc1ncccc1CNC(=O)NC(c1ccc2c(c1)OCCO2)C1CC1. The number of nitrogens with zero attached hydrogens (tertiary/aromatic N) is 1. The lowest BCUT2D eigenvalue weighted by Crippen LogP contribution is -2.38. The van der Waals surface area contributed by atoms with Crippen LogP contribution in [0.5, 0.6) is 17.4 Å². The molecule has 1 saturated carbocycles. The molecule has 2 N–H and O–H groups in total. The Morgan fingerprint density at radius 1 is 1.21 bits per heavy atom. The number of aromatic nitrogens is 1. The average Bonchev–Trinajstić information content (AvgIpc) is 3.56. The normalized spacial score (nSPS) is 16.2. The number of ether oxygens (including phenoxy) is 3. The van der Waals surface area contributed by atoms with Crippen LogP contribution < -0.4 is 24.8 Å². The van der Waals surface area contributed by atoms with Crippen molar-refractivity contribution < 1.29 is 19.0 Å². The third-order valence-corrected chi connectivity index (χ3v) is 4.94. The Balaban J connectivity index is 1.40. The van der Waals surface area contributed by atoms with E-state index in [-0.39, 0.29) is 18.2 Å². The van der Waals surface area contributed by atoms with Crippen LogP contribution in [0.25, 0.3) is 0 Å². The van der Waals surface area contributed by atoms with Gasteiger partial charge in [-0.1, -0.05) is 12.1 Å². The number of nitrogens with one attached hydrogen (secondary N) is 2. The Morgan fingerprint density at radius 2 is 2.00 bits per heavy atom. The van der Waals surface area contributed by atoms with E-state index < -0.39 is 0 Å². The molecule has 1 aliphatic heterocycles. The van der Waals surface area contributed by atoms with Crippen molar-refractivity contribution in [2.75, 3.05) is 13.2 Å². The minimum Gasteiger partial charge on any atom is -0.486 e. The van der Waals surface area contributed by atoms with Gasteiger partial charge in [0, 0.05) is 18.3 Å². The fraction of sp³-hybridized carbons (Fsp3) is 0.455. The maximum absolute atomic E-state index is 12.6. The number of carbonyl (C=O) groups is 1. The summed E-state index contributed by atoms with van der Waals surface area (Å²) >= 11 is 0. The summed E-state index contributed by atoms with van der Waals surface area (Å²) in [6, 6.07) is 9.39. The molecule has 7 nitrogen and oxygen atoms in total. The molecule has 0 spiro atoms. The molecule has 1 aromatic heterocycles. The molecule has 2 aromatic rings. The molecule has 4 rings (SSSR count). The number of rotatable bonds is 7. The highest BCUT2D eigenvalue weighted by Crippen LogP contribution is 2.43. The van der Waals surface area contributed by atoms with Crippen molar-refractivity contribution in [1.82, 2.24) is 15.6 Å². The first kappa shape index (κ1) is 19.4. The van der Waals surface area contributed by atoms with Crippen LogP contribution in [-0.2, 0) is 6.54 Å². The minimum atomic E-state index is -0.212. The molecule has 2 aliphatic rings. The summed E-state index contributed by atoms with van der Waals surface area (Å²) in [7, 11) is 0. The highest BCUT2D eigenvalue weighted by molar-refractivity contribution is 5.74.